The molecule has 9 atom stereocenters. The highest BCUT2D eigenvalue weighted by molar-refractivity contribution is 7.80. The standard InChI is InChI=1S/C48H69N9O16S/c1-3-26(2)40(57-45(69)34(23-28-12-14-29(58)15-13-28)54-41(65)30(50)16-19-37(59)60)47(71)53-31(11-7-8-22-49)42(66)56-36(25-74)46(70)52-32(17-20-38(61)62)43(67)51-33(18-21-39(63)64)44(68)55-35(48(72)73)24-27-9-5-4-6-10-27/h4-6,9-10,12-15,26,30-36,40,58,74H,3,7-8,11,16-25,49-50H2,1-2H3,(H,51,67)(H,52,70)(H,53,71)(H,54,65)(H,55,68)(H,56,66)(H,57,69)(H,59,60)(H,61,62)(H,63,64)(H,72,73)/t26-,30-,31-,32-,33-,34-,35-,36-,40-/m0/s1. The topological polar surface area (TPSA) is 425 Å². The molecule has 2 aromatic carbocycles. The molecule has 0 bridgehead atoms. The van der Waals surface area contributed by atoms with Crippen LogP contribution in [0.15, 0.2) is 54.6 Å². The normalized spacial score (nSPS) is 14.6. The van der Waals surface area contributed by atoms with E-state index >= 15 is 0 Å². The van der Waals surface area contributed by atoms with Crippen molar-refractivity contribution in [3.8, 4) is 5.75 Å². The molecule has 0 unspecified atom stereocenters. The van der Waals surface area contributed by atoms with E-state index in [1.165, 1.54) is 24.3 Å². The van der Waals surface area contributed by atoms with Gasteiger partial charge >= 0.3 is 23.9 Å². The lowest BCUT2D eigenvalue weighted by atomic mass is 9.96. The van der Waals surface area contributed by atoms with Crippen LogP contribution >= 0.6 is 12.6 Å². The summed E-state index contributed by atoms with van der Waals surface area (Å²) in [4.78, 5) is 143. The summed E-state index contributed by atoms with van der Waals surface area (Å²) in [5.41, 5.74) is 12.6. The summed E-state index contributed by atoms with van der Waals surface area (Å²) < 4.78 is 0. The van der Waals surface area contributed by atoms with Gasteiger partial charge in [0.25, 0.3) is 0 Å². The Morgan fingerprint density at radius 2 is 0.932 bits per heavy atom. The predicted octanol–water partition coefficient (Wildman–Crippen LogP) is -1.32. The summed E-state index contributed by atoms with van der Waals surface area (Å²) in [7, 11) is 0. The number of hydrogen-bond acceptors (Lipinski definition) is 15. The first-order valence-electron chi connectivity index (χ1n) is 23.9. The summed E-state index contributed by atoms with van der Waals surface area (Å²) in [6, 6.07) is 2.03. The Morgan fingerprint density at radius 1 is 0.514 bits per heavy atom. The molecule has 26 heteroatoms. The molecule has 0 radical (unpaired) electrons. The van der Waals surface area contributed by atoms with Crippen LogP contribution in [0.25, 0.3) is 0 Å². The first kappa shape index (κ1) is 62.8. The second-order valence-corrected chi connectivity index (χ2v) is 17.9. The summed E-state index contributed by atoms with van der Waals surface area (Å²) in [6.45, 7) is 3.57. The Balaban J connectivity index is 2.37. The highest BCUT2D eigenvalue weighted by Gasteiger charge is 2.36. The van der Waals surface area contributed by atoms with Crippen molar-refractivity contribution in [3.05, 3.63) is 65.7 Å². The number of nitrogens with one attached hydrogen (secondary N) is 7. The summed E-state index contributed by atoms with van der Waals surface area (Å²) in [5.74, 6) is -13.3. The van der Waals surface area contributed by atoms with E-state index in [-0.39, 0.29) is 44.4 Å². The number of aliphatic carboxylic acids is 4. The van der Waals surface area contributed by atoms with Crippen LogP contribution in [0.1, 0.15) is 89.2 Å². The van der Waals surface area contributed by atoms with Gasteiger partial charge in [-0.1, -0.05) is 62.7 Å². The number of phenolic OH excluding ortho intramolecular Hbond substituents is 1. The lowest BCUT2D eigenvalue weighted by molar-refractivity contribution is -0.143. The van der Waals surface area contributed by atoms with Crippen LogP contribution in [0.2, 0.25) is 0 Å². The van der Waals surface area contributed by atoms with Crippen LogP contribution in [0.4, 0.5) is 0 Å². The summed E-state index contributed by atoms with van der Waals surface area (Å²) >= 11 is 4.20. The van der Waals surface area contributed by atoms with E-state index in [9.17, 15) is 73.2 Å². The molecule has 0 fully saturated rings. The van der Waals surface area contributed by atoms with Crippen molar-refractivity contribution in [2.45, 2.75) is 139 Å². The minimum absolute atomic E-state index is 0.0395. The van der Waals surface area contributed by atoms with Crippen molar-refractivity contribution in [2.24, 2.45) is 17.4 Å². The number of phenols is 1. The summed E-state index contributed by atoms with van der Waals surface area (Å²) in [5, 5.41) is 64.7. The van der Waals surface area contributed by atoms with Crippen LogP contribution in [-0.4, -0.2) is 151 Å². The molecule has 0 saturated heterocycles. The number of nitrogens with two attached hydrogens (primary N) is 2. The van der Waals surface area contributed by atoms with Gasteiger partial charge in [-0.3, -0.25) is 47.9 Å². The lowest BCUT2D eigenvalue weighted by Crippen LogP contribution is -2.61. The third-order valence-electron chi connectivity index (χ3n) is 11.7. The van der Waals surface area contributed by atoms with Crippen LogP contribution < -0.4 is 48.7 Å². The Hall–Kier alpha value is -7.32. The van der Waals surface area contributed by atoms with Gasteiger partial charge < -0.3 is 74.2 Å². The van der Waals surface area contributed by atoms with Gasteiger partial charge in [0.15, 0.2) is 0 Å². The Bertz CT molecular complexity index is 2240. The molecule has 0 saturated carbocycles. The van der Waals surface area contributed by atoms with E-state index in [2.05, 4.69) is 49.8 Å². The molecule has 0 aliphatic rings. The largest absolute Gasteiger partial charge is 0.508 e. The van der Waals surface area contributed by atoms with E-state index in [1.807, 2.05) is 0 Å². The Morgan fingerprint density at radius 3 is 1.42 bits per heavy atom. The van der Waals surface area contributed by atoms with Gasteiger partial charge in [0, 0.05) is 37.9 Å². The first-order valence-corrected chi connectivity index (χ1v) is 24.5. The van der Waals surface area contributed by atoms with Crippen molar-refractivity contribution < 1.29 is 78.3 Å². The molecular weight excluding hydrogens is 991 g/mol. The number of amides is 7. The van der Waals surface area contributed by atoms with Crippen LogP contribution in [0.3, 0.4) is 0 Å². The Labute approximate surface area is 432 Å². The number of carbonyl (C=O) groups is 11. The fourth-order valence-corrected chi connectivity index (χ4v) is 7.41. The highest BCUT2D eigenvalue weighted by atomic mass is 32.1. The minimum Gasteiger partial charge on any atom is -0.508 e. The molecular formula is C48H69N9O16S. The zero-order valence-electron chi connectivity index (χ0n) is 41.1. The van der Waals surface area contributed by atoms with E-state index in [4.69, 9.17) is 16.6 Å². The molecule has 408 valence electrons. The average Bonchev–Trinajstić information content (AvgIpc) is 3.35. The quantitative estimate of drug-likeness (QED) is 0.0281. The van der Waals surface area contributed by atoms with Crippen molar-refractivity contribution in [3.63, 3.8) is 0 Å². The van der Waals surface area contributed by atoms with Crippen molar-refractivity contribution >= 4 is 77.9 Å². The molecule has 2 aromatic rings. The molecule has 25 nitrogen and oxygen atoms in total. The number of thiol groups is 1. The predicted molar refractivity (Wildman–Crippen MR) is 268 cm³/mol. The van der Waals surface area contributed by atoms with Gasteiger partial charge in [0.05, 0.1) is 6.04 Å². The van der Waals surface area contributed by atoms with Crippen molar-refractivity contribution in [1.29, 1.82) is 0 Å². The fraction of sp³-hybridized carbons (Fsp3) is 0.521. The van der Waals surface area contributed by atoms with E-state index in [0.717, 1.165) is 0 Å². The molecule has 2 rings (SSSR count). The van der Waals surface area contributed by atoms with Crippen LogP contribution in [0, 0.1) is 5.92 Å². The molecule has 0 aliphatic heterocycles. The molecule has 16 N–H and O–H groups in total. The SMILES string of the molecule is CC[C@H](C)[C@H](NC(=O)[C@H](Cc1ccc(O)cc1)NC(=O)[C@@H](N)CCC(=O)O)C(=O)N[C@@H](CCCCN)C(=O)N[C@@H](CS)C(=O)N[C@@H](CCC(=O)O)C(=O)N[C@@H](CCC(=O)O)C(=O)N[C@@H](Cc1ccccc1)C(=O)O. The third-order valence-corrected chi connectivity index (χ3v) is 12.0. The smallest absolute Gasteiger partial charge is 0.326 e. The van der Waals surface area contributed by atoms with E-state index in [0.29, 0.717) is 24.0 Å². The second kappa shape index (κ2) is 32.7. The van der Waals surface area contributed by atoms with Crippen LogP contribution in [0.5, 0.6) is 5.75 Å². The monoisotopic (exact) mass is 1060 g/mol. The van der Waals surface area contributed by atoms with Crippen LogP contribution in [-0.2, 0) is 65.6 Å². The molecule has 7 amide bonds. The number of carbonyl (C=O) groups excluding carboxylic acids is 7. The van der Waals surface area contributed by atoms with Gasteiger partial charge in [-0.25, -0.2) is 4.79 Å². The molecule has 0 aromatic heterocycles. The number of carboxylic acids is 4. The van der Waals surface area contributed by atoms with Gasteiger partial charge in [0.1, 0.15) is 48.0 Å². The minimum atomic E-state index is -1.72. The summed E-state index contributed by atoms with van der Waals surface area (Å²) in [6.07, 6.45) is -2.55. The number of rotatable bonds is 35. The zero-order valence-corrected chi connectivity index (χ0v) is 42.0. The maximum Gasteiger partial charge on any atom is 0.326 e. The maximum absolute atomic E-state index is 14.2. The highest BCUT2D eigenvalue weighted by Crippen LogP contribution is 2.15. The van der Waals surface area contributed by atoms with Gasteiger partial charge in [-0.15, -0.1) is 0 Å². The number of carboxylic acid groups (broad SMARTS) is 4. The number of aromatic hydroxyl groups is 1. The second-order valence-electron chi connectivity index (χ2n) is 17.5. The van der Waals surface area contributed by atoms with Gasteiger partial charge in [0.2, 0.25) is 41.4 Å². The van der Waals surface area contributed by atoms with Crippen molar-refractivity contribution in [1.82, 2.24) is 37.2 Å². The zero-order chi connectivity index (χ0) is 55.5. The molecule has 74 heavy (non-hydrogen) atoms. The fourth-order valence-electron chi connectivity index (χ4n) is 7.15. The number of benzene rings is 2. The van der Waals surface area contributed by atoms with Gasteiger partial charge in [-0.05, 0) is 74.2 Å². The van der Waals surface area contributed by atoms with E-state index in [1.54, 1.807) is 44.2 Å². The third kappa shape index (κ3) is 23.0. The van der Waals surface area contributed by atoms with Crippen molar-refractivity contribution in [2.75, 3.05) is 12.3 Å². The number of hydrogen-bond donors (Lipinski definition) is 15. The first-order chi connectivity index (χ1) is 35.0. The average molecular weight is 1060 g/mol. The Kier molecular flexibility index (Phi) is 27.7. The molecule has 0 heterocycles. The maximum atomic E-state index is 14.2. The van der Waals surface area contributed by atoms with Gasteiger partial charge in [-0.2, -0.15) is 12.6 Å². The molecule has 0 spiro atoms. The number of unbranched alkanes of at least 4 members (excludes halogenated alkanes) is 1. The lowest BCUT2D eigenvalue weighted by Gasteiger charge is -2.29. The molecule has 0 aliphatic carbocycles. The van der Waals surface area contributed by atoms with E-state index < -0.39 is 157 Å².